The molecule has 22 heavy (non-hydrogen) atoms. The normalized spacial score (nSPS) is 12.4. The molecule has 0 aliphatic heterocycles. The van der Waals surface area contributed by atoms with Crippen molar-refractivity contribution < 1.29 is 19.5 Å². The van der Waals surface area contributed by atoms with Gasteiger partial charge < -0.3 is 15.7 Å². The fourth-order valence-electron chi connectivity index (χ4n) is 1.73. The minimum Gasteiger partial charge on any atom is -0.478 e. The second-order valence-corrected chi connectivity index (χ2v) is 6.07. The van der Waals surface area contributed by atoms with E-state index in [1.54, 1.807) is 6.92 Å². The van der Waals surface area contributed by atoms with Crippen LogP contribution in [0.5, 0.6) is 0 Å². The van der Waals surface area contributed by atoms with Crippen LogP contribution < -0.4 is 10.6 Å². The molecule has 0 aliphatic carbocycles. The highest BCUT2D eigenvalue weighted by molar-refractivity contribution is 5.97. The average Bonchev–Trinajstić information content (AvgIpc) is 2.35. The Morgan fingerprint density at radius 3 is 2.27 bits per heavy atom. The Bertz CT molecular complexity index is 605. The third-order valence-electron chi connectivity index (χ3n) is 2.79. The lowest BCUT2D eigenvalue weighted by Crippen LogP contribution is -2.50. The van der Waals surface area contributed by atoms with Gasteiger partial charge in [-0.3, -0.25) is 9.59 Å². The largest absolute Gasteiger partial charge is 0.478 e. The molecule has 1 rings (SSSR count). The van der Waals surface area contributed by atoms with Crippen molar-refractivity contribution in [1.82, 2.24) is 15.6 Å². The zero-order valence-electron chi connectivity index (χ0n) is 13.4. The van der Waals surface area contributed by atoms with E-state index in [0.29, 0.717) is 0 Å². The van der Waals surface area contributed by atoms with Crippen LogP contribution >= 0.6 is 0 Å². The van der Waals surface area contributed by atoms with E-state index in [2.05, 4.69) is 15.6 Å². The van der Waals surface area contributed by atoms with E-state index in [4.69, 9.17) is 5.11 Å². The molecule has 1 unspecified atom stereocenters. The number of nitrogens with zero attached hydrogens (tertiary/aromatic N) is 1. The van der Waals surface area contributed by atoms with Crippen LogP contribution in [0.15, 0.2) is 12.1 Å². The number of amides is 2. The van der Waals surface area contributed by atoms with Gasteiger partial charge in [-0.15, -0.1) is 0 Å². The number of aromatic carboxylic acids is 1. The van der Waals surface area contributed by atoms with Gasteiger partial charge in [0, 0.05) is 5.54 Å². The first-order valence-corrected chi connectivity index (χ1v) is 6.85. The van der Waals surface area contributed by atoms with E-state index in [-0.39, 0.29) is 22.9 Å². The molecule has 3 N–H and O–H groups in total. The van der Waals surface area contributed by atoms with Crippen molar-refractivity contribution in [3.05, 3.63) is 29.1 Å². The number of pyridine rings is 1. The van der Waals surface area contributed by atoms with E-state index in [1.165, 1.54) is 19.1 Å². The number of carboxylic acid groups (broad SMARTS) is 1. The molecule has 7 nitrogen and oxygen atoms in total. The molecule has 1 aromatic heterocycles. The van der Waals surface area contributed by atoms with Crippen molar-refractivity contribution in [2.45, 2.75) is 46.2 Å². The van der Waals surface area contributed by atoms with Gasteiger partial charge in [0.2, 0.25) is 5.91 Å². The third-order valence-corrected chi connectivity index (χ3v) is 2.79. The lowest BCUT2D eigenvalue weighted by Gasteiger charge is -2.23. The first-order valence-electron chi connectivity index (χ1n) is 6.85. The molecule has 0 radical (unpaired) electrons. The van der Waals surface area contributed by atoms with Crippen molar-refractivity contribution in [2.24, 2.45) is 0 Å². The van der Waals surface area contributed by atoms with Gasteiger partial charge >= 0.3 is 5.97 Å². The Kier molecular flexibility index (Phi) is 5.24. The predicted octanol–water partition coefficient (Wildman–Crippen LogP) is 1.12. The topological polar surface area (TPSA) is 108 Å². The highest BCUT2D eigenvalue weighted by atomic mass is 16.4. The summed E-state index contributed by atoms with van der Waals surface area (Å²) in [6.07, 6.45) is 0. The second kappa shape index (κ2) is 6.55. The summed E-state index contributed by atoms with van der Waals surface area (Å²) in [6.45, 7) is 8.60. The van der Waals surface area contributed by atoms with Crippen molar-refractivity contribution in [1.29, 1.82) is 0 Å². The average molecular weight is 307 g/mol. The Morgan fingerprint density at radius 2 is 1.82 bits per heavy atom. The molecular formula is C15H21N3O4. The van der Waals surface area contributed by atoms with Crippen molar-refractivity contribution in [2.75, 3.05) is 0 Å². The Morgan fingerprint density at radius 1 is 1.23 bits per heavy atom. The number of aryl methyl sites for hydroxylation is 1. The molecule has 0 saturated heterocycles. The molecule has 0 aromatic carbocycles. The molecule has 0 aliphatic rings. The lowest BCUT2D eigenvalue weighted by atomic mass is 10.1. The van der Waals surface area contributed by atoms with Gasteiger partial charge in [-0.25, -0.2) is 9.78 Å². The number of carbonyl (C=O) groups is 3. The van der Waals surface area contributed by atoms with Gasteiger partial charge in [0.25, 0.3) is 5.91 Å². The molecule has 1 aromatic rings. The van der Waals surface area contributed by atoms with Crippen LogP contribution in [0, 0.1) is 6.92 Å². The van der Waals surface area contributed by atoms with Crippen LogP contribution in [0.1, 0.15) is 54.2 Å². The van der Waals surface area contributed by atoms with Gasteiger partial charge in [0.1, 0.15) is 11.7 Å². The van der Waals surface area contributed by atoms with Gasteiger partial charge in [0.15, 0.2) is 0 Å². The second-order valence-electron chi connectivity index (χ2n) is 6.07. The van der Waals surface area contributed by atoms with Crippen LogP contribution in [0.25, 0.3) is 0 Å². The van der Waals surface area contributed by atoms with Crippen LogP contribution in [-0.2, 0) is 4.79 Å². The van der Waals surface area contributed by atoms with E-state index in [0.717, 1.165) is 0 Å². The highest BCUT2D eigenvalue weighted by Crippen LogP contribution is 2.07. The summed E-state index contributed by atoms with van der Waals surface area (Å²) in [5.41, 5.74) is -0.0476. The predicted molar refractivity (Wildman–Crippen MR) is 80.8 cm³/mol. The molecule has 0 bridgehead atoms. The summed E-state index contributed by atoms with van der Waals surface area (Å²) in [4.78, 5) is 38.8. The van der Waals surface area contributed by atoms with Crippen LogP contribution in [-0.4, -0.2) is 39.5 Å². The van der Waals surface area contributed by atoms with Gasteiger partial charge in [0.05, 0.1) is 11.3 Å². The van der Waals surface area contributed by atoms with E-state index in [9.17, 15) is 14.4 Å². The summed E-state index contributed by atoms with van der Waals surface area (Å²) in [5.74, 6) is -1.94. The van der Waals surface area contributed by atoms with Crippen molar-refractivity contribution in [3.8, 4) is 0 Å². The molecular weight excluding hydrogens is 286 g/mol. The highest BCUT2D eigenvalue weighted by Gasteiger charge is 2.22. The number of rotatable bonds is 4. The number of carbonyl (C=O) groups excluding carboxylic acids is 2. The summed E-state index contributed by atoms with van der Waals surface area (Å²) in [5, 5.41) is 14.2. The number of aromatic nitrogens is 1. The number of nitrogens with one attached hydrogen (secondary N) is 2. The molecule has 7 heteroatoms. The minimum atomic E-state index is -1.10. The minimum absolute atomic E-state index is 0.0371. The number of hydrogen-bond donors (Lipinski definition) is 3. The van der Waals surface area contributed by atoms with Crippen molar-refractivity contribution >= 4 is 17.8 Å². The van der Waals surface area contributed by atoms with Gasteiger partial charge in [-0.2, -0.15) is 0 Å². The third kappa shape index (κ3) is 4.83. The molecule has 120 valence electrons. The lowest BCUT2D eigenvalue weighted by molar-refractivity contribution is -0.124. The van der Waals surface area contributed by atoms with Crippen LogP contribution in [0.3, 0.4) is 0 Å². The quantitative estimate of drug-likeness (QED) is 0.772. The molecule has 1 atom stereocenters. The molecule has 1 heterocycles. The first-order chi connectivity index (χ1) is 10.0. The number of hydrogen-bond acceptors (Lipinski definition) is 4. The number of carboxylic acids is 1. The van der Waals surface area contributed by atoms with Crippen LogP contribution in [0.4, 0.5) is 0 Å². The van der Waals surface area contributed by atoms with E-state index < -0.39 is 23.5 Å². The SMILES string of the molecule is Cc1nc(C(=O)NC(C)C(=O)NC(C)(C)C)ccc1C(=O)O. The molecule has 0 saturated carbocycles. The zero-order chi connectivity index (χ0) is 17.1. The Hall–Kier alpha value is -2.44. The molecule has 0 spiro atoms. The van der Waals surface area contributed by atoms with Crippen molar-refractivity contribution in [3.63, 3.8) is 0 Å². The summed E-state index contributed by atoms with van der Waals surface area (Å²) >= 11 is 0. The van der Waals surface area contributed by atoms with Crippen LogP contribution in [0.2, 0.25) is 0 Å². The molecule has 0 fully saturated rings. The van der Waals surface area contributed by atoms with Gasteiger partial charge in [-0.05, 0) is 46.8 Å². The standard InChI is InChI=1S/C15H21N3O4/c1-8-10(14(21)22)6-7-11(16-8)13(20)17-9(2)12(19)18-15(3,4)5/h6-7,9H,1-5H3,(H,17,20)(H,18,19)(H,21,22). The van der Waals surface area contributed by atoms with E-state index in [1.807, 2.05) is 20.8 Å². The first kappa shape index (κ1) is 17.6. The monoisotopic (exact) mass is 307 g/mol. The Labute approximate surface area is 129 Å². The summed E-state index contributed by atoms with van der Waals surface area (Å²) in [6, 6.07) is 1.91. The maximum Gasteiger partial charge on any atom is 0.337 e. The van der Waals surface area contributed by atoms with Gasteiger partial charge in [-0.1, -0.05) is 0 Å². The molecule has 2 amide bonds. The maximum atomic E-state index is 12.1. The smallest absolute Gasteiger partial charge is 0.337 e. The van der Waals surface area contributed by atoms with E-state index >= 15 is 0 Å². The maximum absolute atomic E-state index is 12.1. The summed E-state index contributed by atoms with van der Waals surface area (Å²) in [7, 11) is 0. The fourth-order valence-corrected chi connectivity index (χ4v) is 1.73. The Balaban J connectivity index is 2.79. The fraction of sp³-hybridized carbons (Fsp3) is 0.467. The zero-order valence-corrected chi connectivity index (χ0v) is 13.4. The summed E-state index contributed by atoms with van der Waals surface area (Å²) < 4.78 is 0.